The number of carbonyl (C=O) groups is 1. The smallest absolute Gasteiger partial charge is 0.407 e. The van der Waals surface area contributed by atoms with Crippen molar-refractivity contribution in [3.8, 4) is 0 Å². The molecule has 2 aliphatic rings. The summed E-state index contributed by atoms with van der Waals surface area (Å²) < 4.78 is 0. The Balaban J connectivity index is 1.74. The van der Waals surface area contributed by atoms with E-state index in [2.05, 4.69) is 9.88 Å². The highest BCUT2D eigenvalue weighted by Gasteiger charge is 2.39. The molecular weight excluding hydrogens is 266 g/mol. The highest BCUT2D eigenvalue weighted by atomic mass is 35.5. The Morgan fingerprint density at radius 3 is 2.89 bits per heavy atom. The van der Waals surface area contributed by atoms with Crippen molar-refractivity contribution in [2.24, 2.45) is 5.92 Å². The molecule has 102 valence electrons. The number of carboxylic acid groups (broad SMARTS) is 1. The van der Waals surface area contributed by atoms with Crippen molar-refractivity contribution in [1.29, 1.82) is 0 Å². The lowest BCUT2D eigenvalue weighted by atomic mass is 9.93. The SMILES string of the molecule is O=C(O)N1CC[C@@H]2[C@@H](CCN2c2ccc(Cl)cn2)C1. The summed E-state index contributed by atoms with van der Waals surface area (Å²) >= 11 is 5.86. The second-order valence-corrected chi connectivity index (χ2v) is 5.60. The number of hydrogen-bond acceptors (Lipinski definition) is 3. The molecule has 1 aromatic heterocycles. The zero-order chi connectivity index (χ0) is 13.4. The van der Waals surface area contributed by atoms with E-state index in [-0.39, 0.29) is 0 Å². The van der Waals surface area contributed by atoms with E-state index in [0.29, 0.717) is 30.1 Å². The van der Waals surface area contributed by atoms with Crippen molar-refractivity contribution < 1.29 is 9.90 Å². The summed E-state index contributed by atoms with van der Waals surface area (Å²) in [5.74, 6) is 1.36. The number of aromatic nitrogens is 1. The van der Waals surface area contributed by atoms with Gasteiger partial charge in [0.15, 0.2) is 0 Å². The second kappa shape index (κ2) is 4.89. The summed E-state index contributed by atoms with van der Waals surface area (Å²) in [5.41, 5.74) is 0. The third-order valence-corrected chi connectivity index (χ3v) is 4.34. The van der Waals surface area contributed by atoms with Crippen LogP contribution < -0.4 is 4.90 Å². The van der Waals surface area contributed by atoms with Crippen molar-refractivity contribution in [2.75, 3.05) is 24.5 Å². The first-order chi connectivity index (χ1) is 9.15. The van der Waals surface area contributed by atoms with E-state index in [1.165, 1.54) is 4.90 Å². The first-order valence-corrected chi connectivity index (χ1v) is 6.89. The minimum absolute atomic E-state index is 0.407. The number of halogens is 1. The fourth-order valence-electron chi connectivity index (χ4n) is 3.18. The molecule has 2 aliphatic heterocycles. The molecule has 0 unspecified atom stereocenters. The Hall–Kier alpha value is -1.49. The van der Waals surface area contributed by atoms with Crippen molar-refractivity contribution in [3.05, 3.63) is 23.4 Å². The molecule has 1 N–H and O–H groups in total. The van der Waals surface area contributed by atoms with Crippen LogP contribution in [0.1, 0.15) is 12.8 Å². The van der Waals surface area contributed by atoms with E-state index < -0.39 is 6.09 Å². The number of piperidine rings is 1. The van der Waals surface area contributed by atoms with Gasteiger partial charge in [0, 0.05) is 31.9 Å². The van der Waals surface area contributed by atoms with Crippen LogP contribution in [0.15, 0.2) is 18.3 Å². The highest BCUT2D eigenvalue weighted by molar-refractivity contribution is 6.30. The first-order valence-electron chi connectivity index (χ1n) is 6.51. The van der Waals surface area contributed by atoms with E-state index >= 15 is 0 Å². The molecular formula is C13H16ClN3O2. The number of anilines is 1. The normalized spacial score (nSPS) is 26.4. The second-order valence-electron chi connectivity index (χ2n) is 5.16. The number of hydrogen-bond donors (Lipinski definition) is 1. The minimum Gasteiger partial charge on any atom is -0.465 e. The van der Waals surface area contributed by atoms with Gasteiger partial charge in [-0.1, -0.05) is 11.6 Å². The van der Waals surface area contributed by atoms with Gasteiger partial charge in [0.1, 0.15) is 5.82 Å². The van der Waals surface area contributed by atoms with Crippen LogP contribution >= 0.6 is 11.6 Å². The molecule has 3 heterocycles. The molecule has 5 nitrogen and oxygen atoms in total. The van der Waals surface area contributed by atoms with E-state index in [4.69, 9.17) is 16.7 Å². The van der Waals surface area contributed by atoms with Gasteiger partial charge >= 0.3 is 6.09 Å². The average molecular weight is 282 g/mol. The molecule has 0 aliphatic carbocycles. The first kappa shape index (κ1) is 12.5. The molecule has 0 aromatic carbocycles. The summed E-state index contributed by atoms with van der Waals surface area (Å²) in [6.45, 7) is 2.20. The summed E-state index contributed by atoms with van der Waals surface area (Å²) in [4.78, 5) is 19.2. The Kier molecular flexibility index (Phi) is 3.22. The fourth-order valence-corrected chi connectivity index (χ4v) is 3.29. The van der Waals surface area contributed by atoms with Crippen molar-refractivity contribution in [2.45, 2.75) is 18.9 Å². The zero-order valence-electron chi connectivity index (χ0n) is 10.5. The monoisotopic (exact) mass is 281 g/mol. The summed E-state index contributed by atoms with van der Waals surface area (Å²) in [7, 11) is 0. The molecule has 0 radical (unpaired) electrons. The predicted molar refractivity (Wildman–Crippen MR) is 72.7 cm³/mol. The molecule has 0 saturated carbocycles. The lowest BCUT2D eigenvalue weighted by Gasteiger charge is -2.37. The summed E-state index contributed by atoms with van der Waals surface area (Å²) in [6.07, 6.45) is 2.76. The van der Waals surface area contributed by atoms with E-state index in [0.717, 1.165) is 25.2 Å². The maximum absolute atomic E-state index is 11.0. The molecule has 2 atom stereocenters. The van der Waals surface area contributed by atoms with Gasteiger partial charge in [-0.3, -0.25) is 0 Å². The minimum atomic E-state index is -0.804. The number of nitrogens with zero attached hydrogens (tertiary/aromatic N) is 3. The van der Waals surface area contributed by atoms with E-state index in [9.17, 15) is 4.79 Å². The van der Waals surface area contributed by atoms with Crippen LogP contribution in [0.25, 0.3) is 0 Å². The third-order valence-electron chi connectivity index (χ3n) is 4.11. The van der Waals surface area contributed by atoms with Crippen LogP contribution in [0.2, 0.25) is 5.02 Å². The standard InChI is InChI=1S/C13H16ClN3O2/c14-10-1-2-12(15-7-10)17-6-3-9-8-16(13(18)19)5-4-11(9)17/h1-2,7,9,11H,3-6,8H2,(H,18,19)/t9-,11+/m0/s1. The molecule has 2 saturated heterocycles. The Labute approximate surface area is 116 Å². The Morgan fingerprint density at radius 1 is 1.37 bits per heavy atom. The van der Waals surface area contributed by atoms with Crippen LogP contribution in [0.3, 0.4) is 0 Å². The maximum atomic E-state index is 11.0. The van der Waals surface area contributed by atoms with Crippen LogP contribution in [0, 0.1) is 5.92 Å². The predicted octanol–water partition coefficient (Wildman–Crippen LogP) is 2.31. The lowest BCUT2D eigenvalue weighted by Crippen LogP contribution is -2.47. The molecule has 2 fully saturated rings. The number of amides is 1. The summed E-state index contributed by atoms with van der Waals surface area (Å²) in [5, 5.41) is 9.70. The van der Waals surface area contributed by atoms with Gasteiger partial charge in [-0.2, -0.15) is 0 Å². The molecule has 6 heteroatoms. The van der Waals surface area contributed by atoms with Crippen molar-refractivity contribution in [1.82, 2.24) is 9.88 Å². The van der Waals surface area contributed by atoms with Gasteiger partial charge in [0.05, 0.1) is 5.02 Å². The van der Waals surface area contributed by atoms with Gasteiger partial charge in [-0.05, 0) is 30.9 Å². The topological polar surface area (TPSA) is 56.7 Å². The van der Waals surface area contributed by atoms with Crippen LogP contribution in [-0.4, -0.2) is 46.8 Å². The van der Waals surface area contributed by atoms with E-state index in [1.807, 2.05) is 12.1 Å². The van der Waals surface area contributed by atoms with Gasteiger partial charge in [-0.25, -0.2) is 9.78 Å². The lowest BCUT2D eigenvalue weighted by molar-refractivity contribution is 0.118. The molecule has 19 heavy (non-hydrogen) atoms. The third kappa shape index (κ3) is 2.34. The number of pyridine rings is 1. The Morgan fingerprint density at radius 2 is 2.21 bits per heavy atom. The van der Waals surface area contributed by atoms with Crippen molar-refractivity contribution >= 4 is 23.5 Å². The largest absolute Gasteiger partial charge is 0.465 e. The maximum Gasteiger partial charge on any atom is 0.407 e. The molecule has 1 amide bonds. The quantitative estimate of drug-likeness (QED) is 0.858. The highest BCUT2D eigenvalue weighted by Crippen LogP contribution is 2.34. The van der Waals surface area contributed by atoms with E-state index in [1.54, 1.807) is 6.20 Å². The van der Waals surface area contributed by atoms with Gasteiger partial charge in [-0.15, -0.1) is 0 Å². The van der Waals surface area contributed by atoms with Gasteiger partial charge < -0.3 is 14.9 Å². The number of fused-ring (bicyclic) bond motifs is 1. The van der Waals surface area contributed by atoms with Crippen LogP contribution in [0.5, 0.6) is 0 Å². The van der Waals surface area contributed by atoms with Crippen LogP contribution in [0.4, 0.5) is 10.6 Å². The average Bonchev–Trinajstić information content (AvgIpc) is 2.82. The number of likely N-dealkylation sites (tertiary alicyclic amines) is 1. The molecule has 1 aromatic rings. The molecule has 0 spiro atoms. The van der Waals surface area contributed by atoms with Crippen LogP contribution in [-0.2, 0) is 0 Å². The van der Waals surface area contributed by atoms with Gasteiger partial charge in [0.2, 0.25) is 0 Å². The molecule has 3 rings (SSSR count). The van der Waals surface area contributed by atoms with Crippen molar-refractivity contribution in [3.63, 3.8) is 0 Å². The summed E-state index contributed by atoms with van der Waals surface area (Å²) in [6, 6.07) is 4.20. The Bertz CT molecular complexity index is 479. The number of rotatable bonds is 1. The fraction of sp³-hybridized carbons (Fsp3) is 0.538. The van der Waals surface area contributed by atoms with Gasteiger partial charge in [0.25, 0.3) is 0 Å². The molecule has 0 bridgehead atoms. The zero-order valence-corrected chi connectivity index (χ0v) is 11.3.